The number of amides is 3. The van der Waals surface area contributed by atoms with Gasteiger partial charge in [-0.25, -0.2) is 4.79 Å². The van der Waals surface area contributed by atoms with Gasteiger partial charge in [-0.2, -0.15) is 0 Å². The Morgan fingerprint density at radius 3 is 2.46 bits per heavy atom. The van der Waals surface area contributed by atoms with Gasteiger partial charge in [-0.15, -0.1) is 0 Å². The predicted octanol–water partition coefficient (Wildman–Crippen LogP) is 2.39. The fraction of sp³-hybridized carbons (Fsp3) is 0.529. The highest BCUT2D eigenvalue weighted by Gasteiger charge is 2.29. The summed E-state index contributed by atoms with van der Waals surface area (Å²) in [6.45, 7) is 6.00. The number of halogens is 1. The van der Waals surface area contributed by atoms with Crippen LogP contribution in [0.2, 0.25) is 5.02 Å². The molecular formula is C17H25ClN4O2. The molecule has 0 aliphatic carbocycles. The largest absolute Gasteiger partial charge is 0.338 e. The van der Waals surface area contributed by atoms with Crippen molar-refractivity contribution in [2.24, 2.45) is 11.7 Å². The molecular weight excluding hydrogens is 328 g/mol. The molecule has 132 valence electrons. The molecule has 2 rings (SSSR count). The molecule has 7 heteroatoms. The van der Waals surface area contributed by atoms with Gasteiger partial charge in [-0.05, 0) is 24.1 Å². The number of benzene rings is 1. The standard InChI is InChI=1S/C17H25ClN4O2/c1-3-12(2)15(19)16(23)21-7-9-22(10-8-21)17(24)20-14-6-4-5-13(18)11-14/h4-6,11-12,15H,3,7-10,19H2,1-2H3,(H,20,24)/t12-,15+/m0/s1. The molecule has 1 aromatic rings. The molecule has 0 bridgehead atoms. The van der Waals surface area contributed by atoms with Crippen LogP contribution in [-0.4, -0.2) is 54.0 Å². The zero-order chi connectivity index (χ0) is 17.7. The summed E-state index contributed by atoms with van der Waals surface area (Å²) < 4.78 is 0. The first kappa shape index (κ1) is 18.5. The Morgan fingerprint density at radius 1 is 1.25 bits per heavy atom. The molecule has 6 nitrogen and oxygen atoms in total. The van der Waals surface area contributed by atoms with Crippen molar-refractivity contribution in [2.75, 3.05) is 31.5 Å². The van der Waals surface area contributed by atoms with Crippen LogP contribution in [0.1, 0.15) is 20.3 Å². The summed E-state index contributed by atoms with van der Waals surface area (Å²) in [5.41, 5.74) is 6.67. The lowest BCUT2D eigenvalue weighted by molar-refractivity contribution is -0.135. The first-order valence-corrected chi connectivity index (χ1v) is 8.66. The summed E-state index contributed by atoms with van der Waals surface area (Å²) in [5, 5.41) is 3.39. The number of hydrogen-bond donors (Lipinski definition) is 2. The van der Waals surface area contributed by atoms with E-state index in [-0.39, 0.29) is 17.9 Å². The number of piperazine rings is 1. The number of carbonyl (C=O) groups is 2. The summed E-state index contributed by atoms with van der Waals surface area (Å²) in [6.07, 6.45) is 0.870. The number of rotatable bonds is 4. The Bertz CT molecular complexity index is 588. The predicted molar refractivity (Wildman–Crippen MR) is 96.1 cm³/mol. The Labute approximate surface area is 147 Å². The minimum Gasteiger partial charge on any atom is -0.338 e. The van der Waals surface area contributed by atoms with E-state index in [9.17, 15) is 9.59 Å². The van der Waals surface area contributed by atoms with E-state index in [1.165, 1.54) is 0 Å². The van der Waals surface area contributed by atoms with Crippen molar-refractivity contribution < 1.29 is 9.59 Å². The van der Waals surface area contributed by atoms with Crippen LogP contribution in [0.3, 0.4) is 0 Å². The zero-order valence-corrected chi connectivity index (χ0v) is 14.9. The summed E-state index contributed by atoms with van der Waals surface area (Å²) in [7, 11) is 0. The average Bonchev–Trinajstić information content (AvgIpc) is 2.59. The SMILES string of the molecule is CC[C@H](C)[C@@H](N)C(=O)N1CCN(C(=O)Nc2cccc(Cl)c2)CC1. The highest BCUT2D eigenvalue weighted by Crippen LogP contribution is 2.16. The van der Waals surface area contributed by atoms with Gasteiger partial charge in [0.1, 0.15) is 0 Å². The van der Waals surface area contributed by atoms with Gasteiger partial charge in [0.15, 0.2) is 0 Å². The smallest absolute Gasteiger partial charge is 0.321 e. The maximum Gasteiger partial charge on any atom is 0.321 e. The fourth-order valence-electron chi connectivity index (χ4n) is 2.61. The summed E-state index contributed by atoms with van der Waals surface area (Å²) in [4.78, 5) is 28.1. The first-order valence-electron chi connectivity index (χ1n) is 8.28. The summed E-state index contributed by atoms with van der Waals surface area (Å²) in [6, 6.07) is 6.36. The van der Waals surface area contributed by atoms with Gasteiger partial charge in [0.2, 0.25) is 5.91 Å². The molecule has 1 saturated heterocycles. The van der Waals surface area contributed by atoms with Crippen molar-refractivity contribution in [2.45, 2.75) is 26.3 Å². The third-order valence-corrected chi connectivity index (χ3v) is 4.73. The molecule has 3 amide bonds. The Balaban J connectivity index is 1.86. The van der Waals surface area contributed by atoms with Crippen LogP contribution in [0.15, 0.2) is 24.3 Å². The van der Waals surface area contributed by atoms with Gasteiger partial charge in [-0.3, -0.25) is 4.79 Å². The van der Waals surface area contributed by atoms with Crippen molar-refractivity contribution in [1.82, 2.24) is 9.80 Å². The summed E-state index contributed by atoms with van der Waals surface area (Å²) in [5.74, 6) is 0.126. The lowest BCUT2D eigenvalue weighted by Gasteiger charge is -2.36. The van der Waals surface area contributed by atoms with E-state index in [0.717, 1.165) is 6.42 Å². The number of nitrogens with two attached hydrogens (primary N) is 1. The van der Waals surface area contributed by atoms with Crippen molar-refractivity contribution in [1.29, 1.82) is 0 Å². The van der Waals surface area contributed by atoms with Crippen LogP contribution in [0.5, 0.6) is 0 Å². The maximum atomic E-state index is 12.4. The highest BCUT2D eigenvalue weighted by molar-refractivity contribution is 6.30. The second-order valence-electron chi connectivity index (χ2n) is 6.16. The van der Waals surface area contributed by atoms with E-state index in [2.05, 4.69) is 5.32 Å². The molecule has 24 heavy (non-hydrogen) atoms. The van der Waals surface area contributed by atoms with Crippen molar-refractivity contribution >= 4 is 29.2 Å². The van der Waals surface area contributed by atoms with Gasteiger partial charge in [0.05, 0.1) is 6.04 Å². The zero-order valence-electron chi connectivity index (χ0n) is 14.2. The van der Waals surface area contributed by atoms with E-state index in [1.54, 1.807) is 34.1 Å². The highest BCUT2D eigenvalue weighted by atomic mass is 35.5. The third-order valence-electron chi connectivity index (χ3n) is 4.50. The molecule has 0 saturated carbocycles. The molecule has 0 unspecified atom stereocenters. The van der Waals surface area contributed by atoms with E-state index in [1.807, 2.05) is 13.8 Å². The monoisotopic (exact) mass is 352 g/mol. The topological polar surface area (TPSA) is 78.7 Å². The Morgan fingerprint density at radius 2 is 1.88 bits per heavy atom. The Hall–Kier alpha value is -1.79. The molecule has 0 spiro atoms. The number of hydrogen-bond acceptors (Lipinski definition) is 3. The van der Waals surface area contributed by atoms with Gasteiger partial charge in [0.25, 0.3) is 0 Å². The van der Waals surface area contributed by atoms with Crippen LogP contribution in [-0.2, 0) is 4.79 Å². The van der Waals surface area contributed by atoms with Gasteiger partial charge in [-0.1, -0.05) is 37.9 Å². The van der Waals surface area contributed by atoms with Crippen LogP contribution in [0.25, 0.3) is 0 Å². The van der Waals surface area contributed by atoms with Crippen LogP contribution in [0, 0.1) is 5.92 Å². The molecule has 0 aromatic heterocycles. The van der Waals surface area contributed by atoms with E-state index in [0.29, 0.717) is 36.9 Å². The van der Waals surface area contributed by atoms with Crippen LogP contribution in [0.4, 0.5) is 10.5 Å². The number of carbonyl (C=O) groups excluding carboxylic acids is 2. The fourth-order valence-corrected chi connectivity index (χ4v) is 2.80. The first-order chi connectivity index (χ1) is 11.4. The minimum absolute atomic E-state index is 0.0285. The average molecular weight is 353 g/mol. The molecule has 3 N–H and O–H groups in total. The number of anilines is 1. The van der Waals surface area contributed by atoms with E-state index < -0.39 is 6.04 Å². The van der Waals surface area contributed by atoms with Gasteiger partial charge < -0.3 is 20.9 Å². The van der Waals surface area contributed by atoms with Crippen LogP contribution >= 0.6 is 11.6 Å². The van der Waals surface area contributed by atoms with E-state index >= 15 is 0 Å². The molecule has 1 aliphatic heterocycles. The van der Waals surface area contributed by atoms with Crippen molar-refractivity contribution in [3.05, 3.63) is 29.3 Å². The third kappa shape index (κ3) is 4.61. The van der Waals surface area contributed by atoms with Crippen molar-refractivity contribution in [3.8, 4) is 0 Å². The molecule has 2 atom stereocenters. The lowest BCUT2D eigenvalue weighted by Crippen LogP contribution is -2.56. The van der Waals surface area contributed by atoms with Gasteiger partial charge >= 0.3 is 6.03 Å². The van der Waals surface area contributed by atoms with Crippen molar-refractivity contribution in [3.63, 3.8) is 0 Å². The lowest BCUT2D eigenvalue weighted by atomic mass is 9.98. The molecule has 1 fully saturated rings. The maximum absolute atomic E-state index is 12.4. The molecule has 1 heterocycles. The molecule has 0 radical (unpaired) electrons. The second-order valence-corrected chi connectivity index (χ2v) is 6.60. The number of urea groups is 1. The molecule has 1 aromatic carbocycles. The number of nitrogens with zero attached hydrogens (tertiary/aromatic N) is 2. The Kier molecular flexibility index (Phi) is 6.45. The normalized spacial score (nSPS) is 17.3. The number of nitrogens with one attached hydrogen (secondary N) is 1. The minimum atomic E-state index is -0.471. The second kappa shape index (κ2) is 8.35. The van der Waals surface area contributed by atoms with Crippen LogP contribution < -0.4 is 11.1 Å². The quantitative estimate of drug-likeness (QED) is 0.873. The molecule has 1 aliphatic rings. The van der Waals surface area contributed by atoms with E-state index in [4.69, 9.17) is 17.3 Å². The van der Waals surface area contributed by atoms with Gasteiger partial charge in [0, 0.05) is 36.9 Å². The summed E-state index contributed by atoms with van der Waals surface area (Å²) >= 11 is 5.91.